The molecular formula is C11H14N2O4S. The van der Waals surface area contributed by atoms with Crippen LogP contribution in [-0.2, 0) is 4.79 Å². The molecule has 0 aliphatic heterocycles. The van der Waals surface area contributed by atoms with Gasteiger partial charge in [0.25, 0.3) is 0 Å². The molecule has 0 bridgehead atoms. The Morgan fingerprint density at radius 1 is 1.50 bits per heavy atom. The fourth-order valence-corrected chi connectivity index (χ4v) is 1.79. The number of nitro groups is 1. The molecule has 0 atom stereocenters. The van der Waals surface area contributed by atoms with E-state index in [4.69, 9.17) is 0 Å². The van der Waals surface area contributed by atoms with Crippen LogP contribution in [0.3, 0.4) is 0 Å². The predicted octanol–water partition coefficient (Wildman–Crippen LogP) is 2.26. The molecule has 1 aromatic carbocycles. The van der Waals surface area contributed by atoms with Crippen LogP contribution >= 0.6 is 11.9 Å². The third kappa shape index (κ3) is 3.44. The van der Waals surface area contributed by atoms with Gasteiger partial charge in [0, 0.05) is 11.0 Å². The van der Waals surface area contributed by atoms with Crippen LogP contribution in [0.1, 0.15) is 20.8 Å². The number of rotatable bonds is 5. The second-order valence-electron chi connectivity index (χ2n) is 4.29. The number of phenols is 1. The minimum atomic E-state index is -0.725. The average molecular weight is 270 g/mol. The summed E-state index contributed by atoms with van der Waals surface area (Å²) in [6, 6.07) is 4.04. The summed E-state index contributed by atoms with van der Waals surface area (Å²) in [6.45, 7) is 4.90. The third-order valence-corrected chi connectivity index (χ3v) is 3.55. The molecule has 6 nitrogen and oxygen atoms in total. The zero-order valence-corrected chi connectivity index (χ0v) is 11.1. The van der Waals surface area contributed by atoms with Gasteiger partial charge in [-0.05, 0) is 44.9 Å². The van der Waals surface area contributed by atoms with Gasteiger partial charge in [-0.1, -0.05) is 0 Å². The van der Waals surface area contributed by atoms with Crippen LogP contribution in [0.25, 0.3) is 0 Å². The summed E-state index contributed by atoms with van der Waals surface area (Å²) >= 11 is 1.11. The molecule has 0 saturated heterocycles. The van der Waals surface area contributed by atoms with E-state index in [0.717, 1.165) is 11.9 Å². The smallest absolute Gasteiger partial charge is 0.311 e. The number of hydrogen-bond acceptors (Lipinski definition) is 6. The lowest BCUT2D eigenvalue weighted by Crippen LogP contribution is -2.41. The summed E-state index contributed by atoms with van der Waals surface area (Å²) in [7, 11) is 0. The summed E-state index contributed by atoms with van der Waals surface area (Å²) in [6.07, 6.45) is 0. The molecule has 0 spiro atoms. The van der Waals surface area contributed by atoms with Gasteiger partial charge in [0.15, 0.2) is 5.75 Å². The number of Topliss-reactive ketones (excluding diaryl/α,β-unsaturated/α-hetero) is 1. The van der Waals surface area contributed by atoms with E-state index >= 15 is 0 Å². The van der Waals surface area contributed by atoms with Crippen molar-refractivity contribution in [1.82, 2.24) is 4.72 Å². The molecule has 2 N–H and O–H groups in total. The number of ketones is 1. The molecule has 0 unspecified atom stereocenters. The fourth-order valence-electron chi connectivity index (χ4n) is 0.971. The van der Waals surface area contributed by atoms with Crippen LogP contribution in [-0.4, -0.2) is 21.4 Å². The standard InChI is InChI=1S/C11H14N2O4S/c1-7(14)11(2,3)12-18-8-4-5-10(15)9(6-8)13(16)17/h4-6,12,15H,1-3H3. The molecular weight excluding hydrogens is 256 g/mol. The average Bonchev–Trinajstić information content (AvgIpc) is 2.27. The Hall–Kier alpha value is -1.60. The maximum absolute atomic E-state index is 11.3. The van der Waals surface area contributed by atoms with Crippen molar-refractivity contribution in [2.75, 3.05) is 0 Å². The lowest BCUT2D eigenvalue weighted by molar-refractivity contribution is -0.386. The first-order valence-electron chi connectivity index (χ1n) is 5.16. The highest BCUT2D eigenvalue weighted by atomic mass is 32.2. The van der Waals surface area contributed by atoms with Crippen LogP contribution < -0.4 is 4.72 Å². The Kier molecular flexibility index (Phi) is 4.31. The molecule has 0 aromatic heterocycles. The topological polar surface area (TPSA) is 92.5 Å². The van der Waals surface area contributed by atoms with Crippen molar-refractivity contribution < 1.29 is 14.8 Å². The number of nitrogens with zero attached hydrogens (tertiary/aromatic N) is 1. The van der Waals surface area contributed by atoms with Crippen molar-refractivity contribution in [1.29, 1.82) is 0 Å². The fraction of sp³-hybridized carbons (Fsp3) is 0.364. The van der Waals surface area contributed by atoms with E-state index in [1.807, 2.05) is 0 Å². The summed E-state index contributed by atoms with van der Waals surface area (Å²) in [5, 5.41) is 19.9. The highest BCUT2D eigenvalue weighted by Gasteiger charge is 2.23. The molecule has 0 saturated carbocycles. The van der Waals surface area contributed by atoms with Crippen molar-refractivity contribution in [2.24, 2.45) is 0 Å². The van der Waals surface area contributed by atoms with Gasteiger partial charge in [0.1, 0.15) is 5.78 Å². The first-order chi connectivity index (χ1) is 8.24. The maximum Gasteiger partial charge on any atom is 0.311 e. The van der Waals surface area contributed by atoms with E-state index in [2.05, 4.69) is 4.72 Å². The Labute approximate surface area is 109 Å². The monoisotopic (exact) mass is 270 g/mol. The molecule has 0 radical (unpaired) electrons. The Balaban J connectivity index is 2.84. The number of phenolic OH excluding ortho intramolecular Hbond substituents is 1. The van der Waals surface area contributed by atoms with Crippen LogP contribution in [0.15, 0.2) is 23.1 Å². The number of carbonyl (C=O) groups is 1. The second-order valence-corrected chi connectivity index (χ2v) is 5.17. The Bertz CT molecular complexity index is 488. The number of nitrogens with one attached hydrogen (secondary N) is 1. The van der Waals surface area contributed by atoms with E-state index < -0.39 is 10.5 Å². The molecule has 18 heavy (non-hydrogen) atoms. The van der Waals surface area contributed by atoms with E-state index in [1.54, 1.807) is 13.8 Å². The van der Waals surface area contributed by atoms with Gasteiger partial charge in [-0.25, -0.2) is 4.72 Å². The molecule has 0 amide bonds. The number of hydrogen-bond donors (Lipinski definition) is 2. The molecule has 1 aromatic rings. The van der Waals surface area contributed by atoms with Gasteiger partial charge in [0.05, 0.1) is 10.5 Å². The molecule has 0 aliphatic carbocycles. The minimum Gasteiger partial charge on any atom is -0.502 e. The van der Waals surface area contributed by atoms with Crippen molar-refractivity contribution in [2.45, 2.75) is 31.2 Å². The third-order valence-electron chi connectivity index (χ3n) is 2.45. The molecule has 0 fully saturated rings. The van der Waals surface area contributed by atoms with Crippen molar-refractivity contribution in [3.8, 4) is 5.75 Å². The first-order valence-corrected chi connectivity index (χ1v) is 5.98. The van der Waals surface area contributed by atoms with Gasteiger partial charge in [-0.2, -0.15) is 0 Å². The van der Waals surface area contributed by atoms with Gasteiger partial charge >= 0.3 is 5.69 Å². The van der Waals surface area contributed by atoms with Crippen molar-refractivity contribution in [3.05, 3.63) is 28.3 Å². The normalized spacial score (nSPS) is 11.3. The number of aromatic hydroxyl groups is 1. The summed E-state index contributed by atoms with van der Waals surface area (Å²) < 4.78 is 2.92. The largest absolute Gasteiger partial charge is 0.502 e. The SMILES string of the molecule is CC(=O)C(C)(C)NSc1ccc(O)c([N+](=O)[O-])c1. The Morgan fingerprint density at radius 3 is 2.61 bits per heavy atom. The van der Waals surface area contributed by atoms with Gasteiger partial charge in [-0.15, -0.1) is 0 Å². The van der Waals surface area contributed by atoms with E-state index in [1.165, 1.54) is 25.1 Å². The molecule has 7 heteroatoms. The van der Waals surface area contributed by atoms with E-state index in [9.17, 15) is 20.0 Å². The minimum absolute atomic E-state index is 0.0386. The van der Waals surface area contributed by atoms with E-state index in [-0.39, 0.29) is 17.2 Å². The molecule has 98 valence electrons. The molecule has 0 heterocycles. The summed E-state index contributed by atoms with van der Waals surface area (Å²) in [4.78, 5) is 21.8. The second kappa shape index (κ2) is 5.36. The van der Waals surface area contributed by atoms with Crippen LogP contribution in [0.5, 0.6) is 5.75 Å². The van der Waals surface area contributed by atoms with Crippen LogP contribution in [0.4, 0.5) is 5.69 Å². The summed E-state index contributed by atoms with van der Waals surface area (Å²) in [5.41, 5.74) is -1.08. The zero-order valence-electron chi connectivity index (χ0n) is 10.3. The van der Waals surface area contributed by atoms with Crippen LogP contribution in [0.2, 0.25) is 0 Å². The predicted molar refractivity (Wildman–Crippen MR) is 68.5 cm³/mol. The first kappa shape index (κ1) is 14.5. The van der Waals surface area contributed by atoms with Gasteiger partial charge in [0.2, 0.25) is 0 Å². The highest BCUT2D eigenvalue weighted by molar-refractivity contribution is 7.97. The lowest BCUT2D eigenvalue weighted by atomic mass is 10.0. The highest BCUT2D eigenvalue weighted by Crippen LogP contribution is 2.30. The van der Waals surface area contributed by atoms with Gasteiger partial charge < -0.3 is 5.11 Å². The van der Waals surface area contributed by atoms with Crippen molar-refractivity contribution >= 4 is 23.4 Å². The summed E-state index contributed by atoms with van der Waals surface area (Å²) in [5.74, 6) is -0.418. The molecule has 1 rings (SSSR count). The lowest BCUT2D eigenvalue weighted by Gasteiger charge is -2.21. The number of nitro benzene ring substituents is 1. The number of benzene rings is 1. The van der Waals surface area contributed by atoms with E-state index in [0.29, 0.717) is 4.90 Å². The van der Waals surface area contributed by atoms with Crippen molar-refractivity contribution in [3.63, 3.8) is 0 Å². The maximum atomic E-state index is 11.3. The quantitative estimate of drug-likeness (QED) is 0.484. The zero-order chi connectivity index (χ0) is 13.9. The van der Waals surface area contributed by atoms with Gasteiger partial charge in [-0.3, -0.25) is 14.9 Å². The Morgan fingerprint density at radius 2 is 2.11 bits per heavy atom. The number of carbonyl (C=O) groups excluding carboxylic acids is 1. The molecule has 0 aliphatic rings. The van der Waals surface area contributed by atoms with Crippen LogP contribution in [0, 0.1) is 10.1 Å².